The molecule has 0 aromatic heterocycles. The van der Waals surface area contributed by atoms with Crippen LogP contribution in [0.25, 0.3) is 0 Å². The summed E-state index contributed by atoms with van der Waals surface area (Å²) >= 11 is 0. The van der Waals surface area contributed by atoms with Gasteiger partial charge < -0.3 is 13.8 Å². The Hall–Kier alpha value is 0.870. The van der Waals surface area contributed by atoms with E-state index in [1.165, 1.54) is 17.7 Å². The van der Waals surface area contributed by atoms with Gasteiger partial charge in [0, 0.05) is 0 Å². The van der Waals surface area contributed by atoms with Gasteiger partial charge in [-0.05, 0) is 66.4 Å². The minimum atomic E-state index is -4.37. The average molecular weight is 678 g/mol. The number of aryl methyl sites for hydroxylation is 1. The Bertz CT molecular complexity index is 951. The summed E-state index contributed by atoms with van der Waals surface area (Å²) in [4.78, 5) is 0. The Morgan fingerprint density at radius 3 is 2.00 bits per heavy atom. The Kier molecular flexibility index (Phi) is 20.9. The summed E-state index contributed by atoms with van der Waals surface area (Å²) in [6.45, 7) is 4.08. The summed E-state index contributed by atoms with van der Waals surface area (Å²) in [5, 5.41) is 0. The van der Waals surface area contributed by atoms with Crippen molar-refractivity contribution in [1.29, 1.82) is 0 Å². The van der Waals surface area contributed by atoms with Crippen LogP contribution in [0.2, 0.25) is 0 Å². The molecule has 2 aromatic carbocycles. The lowest BCUT2D eigenvalue weighted by molar-refractivity contribution is -0.137. The molecule has 0 radical (unpaired) electrons. The molecule has 3 nitrogen and oxygen atoms in total. The van der Waals surface area contributed by atoms with Crippen LogP contribution >= 0.6 is 66.7 Å². The molecule has 0 amide bonds. The Morgan fingerprint density at radius 2 is 1.45 bits per heavy atom. The smallest absolute Gasteiger partial charge is 0.416 e. The maximum Gasteiger partial charge on any atom is 0.416 e. The highest BCUT2D eigenvalue weighted by molar-refractivity contribution is 8.60. The normalized spacial score (nSPS) is 15.7. The summed E-state index contributed by atoms with van der Waals surface area (Å²) in [6.07, 6.45) is 5.63. The van der Waals surface area contributed by atoms with Gasteiger partial charge in [-0.2, -0.15) is 13.2 Å². The number of benzene rings is 2. The highest BCUT2D eigenvalue weighted by Gasteiger charge is 2.30. The average Bonchev–Trinajstić information content (AvgIpc) is 2.91. The second-order valence-electron chi connectivity index (χ2n) is 7.61. The first-order valence-electron chi connectivity index (χ1n) is 11.6. The van der Waals surface area contributed by atoms with Crippen LogP contribution in [0.15, 0.2) is 78.9 Å². The maximum atomic E-state index is 12.6. The SMILES string of the molecule is C/C=C/[C@H](CCc1ccccc1)OP(P)PP.C/C=C/[C@H](COc1cccc(C(F)(F)F)c1)OP(P)PP. The molecule has 212 valence electrons. The second kappa shape index (κ2) is 21.6. The quantitative estimate of drug-likeness (QED) is 0.147. The molecule has 0 aliphatic rings. The third kappa shape index (κ3) is 17.0. The number of hydrogen-bond donors (Lipinski definition) is 0. The lowest BCUT2D eigenvalue weighted by Gasteiger charge is -2.19. The van der Waals surface area contributed by atoms with Crippen molar-refractivity contribution in [2.45, 2.75) is 45.1 Å². The fourth-order valence-electron chi connectivity index (χ4n) is 2.98. The zero-order valence-corrected chi connectivity index (χ0v) is 29.8. The maximum absolute atomic E-state index is 12.6. The van der Waals surface area contributed by atoms with E-state index in [2.05, 4.69) is 78.2 Å². The molecular weight excluding hydrogens is 641 g/mol. The van der Waals surface area contributed by atoms with Crippen LogP contribution in [0.1, 0.15) is 31.4 Å². The van der Waals surface area contributed by atoms with Crippen molar-refractivity contribution < 1.29 is 27.0 Å². The first kappa shape index (κ1) is 36.9. The van der Waals surface area contributed by atoms with Crippen molar-refractivity contribution in [3.05, 3.63) is 90.0 Å². The van der Waals surface area contributed by atoms with Crippen LogP contribution in [-0.2, 0) is 21.6 Å². The summed E-state index contributed by atoms with van der Waals surface area (Å²) in [5.74, 6) is 0.185. The number of alkyl halides is 3. The fraction of sp³-hybridized carbons (Fsp3) is 0.333. The molecule has 0 bridgehead atoms. The van der Waals surface area contributed by atoms with Crippen LogP contribution in [-0.4, -0.2) is 18.8 Å². The lowest BCUT2D eigenvalue weighted by atomic mass is 10.1. The summed E-state index contributed by atoms with van der Waals surface area (Å²) in [7, 11) is 11.2. The fourth-order valence-corrected chi connectivity index (χ4v) is 7.20. The molecule has 0 N–H and O–H groups in total. The molecule has 0 aliphatic heterocycles. The van der Waals surface area contributed by atoms with E-state index in [0.717, 1.165) is 32.9 Å². The zero-order valence-electron chi connectivity index (χ0n) is 21.3. The third-order valence-corrected chi connectivity index (χ3v) is 21.7. The van der Waals surface area contributed by atoms with Crippen molar-refractivity contribution in [1.82, 2.24) is 0 Å². The zero-order chi connectivity index (χ0) is 28.4. The van der Waals surface area contributed by atoms with Crippen molar-refractivity contribution in [2.75, 3.05) is 6.61 Å². The van der Waals surface area contributed by atoms with Gasteiger partial charge in [-0.1, -0.05) is 78.6 Å². The topological polar surface area (TPSA) is 27.7 Å². The molecule has 2 rings (SSSR count). The van der Waals surface area contributed by atoms with Crippen molar-refractivity contribution in [3.63, 3.8) is 0 Å². The van der Waals surface area contributed by atoms with Crippen LogP contribution in [0.5, 0.6) is 5.75 Å². The summed E-state index contributed by atoms with van der Waals surface area (Å²) in [6, 6.07) is 15.4. The molecule has 0 heterocycles. The van der Waals surface area contributed by atoms with E-state index in [0.29, 0.717) is 7.96 Å². The molecule has 0 fully saturated rings. The van der Waals surface area contributed by atoms with Crippen molar-refractivity contribution >= 4 is 66.7 Å². The van der Waals surface area contributed by atoms with E-state index in [-0.39, 0.29) is 32.1 Å². The van der Waals surface area contributed by atoms with E-state index >= 15 is 0 Å². The lowest BCUT2D eigenvalue weighted by Crippen LogP contribution is -2.16. The predicted molar refractivity (Wildman–Crippen MR) is 180 cm³/mol. The van der Waals surface area contributed by atoms with Crippen LogP contribution in [0.4, 0.5) is 13.2 Å². The highest BCUT2D eigenvalue weighted by Crippen LogP contribution is 2.67. The second-order valence-corrected chi connectivity index (χ2v) is 24.6. The molecule has 0 aliphatic carbocycles. The molecule has 0 saturated carbocycles. The monoisotopic (exact) mass is 678 g/mol. The van der Waals surface area contributed by atoms with E-state index < -0.39 is 19.3 Å². The van der Waals surface area contributed by atoms with Gasteiger partial charge in [-0.25, -0.2) is 0 Å². The summed E-state index contributed by atoms with van der Waals surface area (Å²) in [5.41, 5.74) is 0.662. The van der Waals surface area contributed by atoms with E-state index in [1.54, 1.807) is 0 Å². The van der Waals surface area contributed by atoms with Crippen molar-refractivity contribution in [2.24, 2.45) is 0 Å². The number of ether oxygens (including phenoxy) is 1. The molecular formula is C24H37F3O3P8. The standard InChI is InChI=1S/C12H17F3O2P4.C12H20OP4/c1-2-4-11(17-21(19)20-18)8-16-10-6-3-5-9(7-10)12(13,14)15;1-2-6-12(13-17(15)16-14)10-9-11-7-4-3-5-8-11/h2-7,11,20H,8,18-19H2,1H3;2-8,12,16H,9-10,14-15H2,1H3/b4-2+;6-2+/t11-,21?;12-,17?/m11/s1. The van der Waals surface area contributed by atoms with Gasteiger partial charge in [0.2, 0.25) is 0 Å². The number of allylic oxidation sites excluding steroid dienone is 2. The van der Waals surface area contributed by atoms with Crippen LogP contribution in [0.3, 0.4) is 0 Å². The Morgan fingerprint density at radius 1 is 0.868 bits per heavy atom. The predicted octanol–water partition coefficient (Wildman–Crippen LogP) is 10.8. The minimum Gasteiger partial charge on any atom is -0.491 e. The van der Waals surface area contributed by atoms with Gasteiger partial charge in [0.15, 0.2) is 0 Å². The molecule has 8 unspecified atom stereocenters. The van der Waals surface area contributed by atoms with Gasteiger partial charge in [-0.3, -0.25) is 0 Å². The number of rotatable bonds is 14. The van der Waals surface area contributed by atoms with E-state index in [1.807, 2.05) is 26.0 Å². The number of hydrogen-bond acceptors (Lipinski definition) is 3. The van der Waals surface area contributed by atoms with E-state index in [4.69, 9.17) is 13.8 Å². The first-order chi connectivity index (χ1) is 18.1. The Balaban J connectivity index is 0.000000389. The molecule has 14 heteroatoms. The minimum absolute atomic E-state index is 0.175. The van der Waals surface area contributed by atoms with Crippen LogP contribution < -0.4 is 4.74 Å². The first-order valence-corrected chi connectivity index (χ1v) is 24.6. The van der Waals surface area contributed by atoms with Gasteiger partial charge in [0.25, 0.3) is 0 Å². The van der Waals surface area contributed by atoms with Gasteiger partial charge in [-0.15, -0.1) is 17.9 Å². The van der Waals surface area contributed by atoms with Crippen molar-refractivity contribution in [3.8, 4) is 5.75 Å². The summed E-state index contributed by atoms with van der Waals surface area (Å²) < 4.78 is 55.0. The molecule has 2 aromatic rings. The molecule has 10 atom stereocenters. The highest BCUT2D eigenvalue weighted by atomic mass is 32.6. The van der Waals surface area contributed by atoms with Gasteiger partial charge in [0.05, 0.1) is 26.7 Å². The third-order valence-electron chi connectivity index (χ3n) is 4.70. The molecule has 38 heavy (non-hydrogen) atoms. The van der Waals surface area contributed by atoms with Gasteiger partial charge >= 0.3 is 6.18 Å². The molecule has 0 saturated heterocycles. The van der Waals surface area contributed by atoms with Gasteiger partial charge in [0.1, 0.15) is 18.5 Å². The Labute approximate surface area is 240 Å². The largest absolute Gasteiger partial charge is 0.491 e. The number of halogens is 3. The van der Waals surface area contributed by atoms with E-state index in [9.17, 15) is 13.2 Å². The van der Waals surface area contributed by atoms with Crippen LogP contribution in [0, 0.1) is 0 Å². The molecule has 0 spiro atoms.